The Bertz CT molecular complexity index is 1580. The van der Waals surface area contributed by atoms with Crippen LogP contribution >= 0.6 is 23.1 Å². The largest absolute Gasteiger partial charge is 0.338 e. The van der Waals surface area contributed by atoms with E-state index in [-0.39, 0.29) is 0 Å². The Morgan fingerprint density at radius 2 is 1.46 bits per heavy atom. The summed E-state index contributed by atoms with van der Waals surface area (Å²) >= 11 is 3.68. The third-order valence-corrected chi connectivity index (χ3v) is 8.91. The first-order chi connectivity index (χ1) is 17.2. The van der Waals surface area contributed by atoms with E-state index in [1.165, 1.54) is 53.1 Å². The van der Waals surface area contributed by atoms with E-state index in [1.54, 1.807) is 0 Å². The smallest absolute Gasteiger partial charge is 0.262 e. The molecule has 1 aliphatic rings. The number of anilines is 1. The van der Waals surface area contributed by atoms with Crippen LogP contribution in [0.2, 0.25) is 0 Å². The van der Waals surface area contributed by atoms with Crippen LogP contribution in [0.3, 0.4) is 0 Å². The molecule has 0 unspecified atom stereocenters. The summed E-state index contributed by atoms with van der Waals surface area (Å²) in [6.45, 7) is 0. The summed E-state index contributed by atoms with van der Waals surface area (Å²) < 4.78 is 2.31. The van der Waals surface area contributed by atoms with Gasteiger partial charge in [-0.3, -0.25) is 0 Å². The van der Waals surface area contributed by atoms with E-state index in [0.29, 0.717) is 0 Å². The normalized spacial score (nSPS) is 14.3. The summed E-state index contributed by atoms with van der Waals surface area (Å²) in [5, 5.41) is 5.06. The standard InChI is InChI=1S/C31H25N2S2/c1-32-26-21-20-22-12-9-10-17-25(22)31(26)35-27(32)18-11-19-28-33(2)29(23-13-5-3-6-14-23)30(34-28)24-15-7-4-8-16-24/h3-21H,1-2H3/q+1. The van der Waals surface area contributed by atoms with Crippen molar-refractivity contribution in [1.82, 2.24) is 0 Å². The second kappa shape index (κ2) is 9.21. The first kappa shape index (κ1) is 21.9. The van der Waals surface area contributed by atoms with Gasteiger partial charge in [-0.25, -0.2) is 0 Å². The maximum Gasteiger partial charge on any atom is 0.262 e. The highest BCUT2D eigenvalue weighted by Gasteiger charge is 2.25. The molecule has 0 radical (unpaired) electrons. The van der Waals surface area contributed by atoms with E-state index in [9.17, 15) is 0 Å². The summed E-state index contributed by atoms with van der Waals surface area (Å²) in [6, 6.07) is 34.4. The van der Waals surface area contributed by atoms with Crippen molar-refractivity contribution in [3.63, 3.8) is 0 Å². The highest BCUT2D eigenvalue weighted by molar-refractivity contribution is 8.04. The van der Waals surface area contributed by atoms with Crippen LogP contribution in [0.25, 0.3) is 38.5 Å². The molecule has 0 saturated heterocycles. The van der Waals surface area contributed by atoms with Crippen molar-refractivity contribution in [2.24, 2.45) is 7.05 Å². The fraction of sp³-hybridized carbons (Fsp3) is 0.0645. The first-order valence-corrected chi connectivity index (χ1v) is 13.3. The number of aromatic nitrogens is 1. The van der Waals surface area contributed by atoms with Crippen molar-refractivity contribution in [3.05, 3.63) is 119 Å². The molecular weight excluding hydrogens is 464 g/mol. The van der Waals surface area contributed by atoms with Crippen molar-refractivity contribution in [3.8, 4) is 21.7 Å². The average Bonchev–Trinajstić information content (AvgIpc) is 3.41. The maximum absolute atomic E-state index is 2.31. The van der Waals surface area contributed by atoms with Crippen LogP contribution in [0.4, 0.5) is 5.69 Å². The number of nitrogens with zero attached hydrogens (tertiary/aromatic N) is 2. The molecule has 170 valence electrons. The van der Waals surface area contributed by atoms with Crippen LogP contribution < -0.4 is 9.47 Å². The summed E-state index contributed by atoms with van der Waals surface area (Å²) in [5.41, 5.74) is 5.00. The van der Waals surface area contributed by atoms with Gasteiger partial charge in [0.15, 0.2) is 0 Å². The number of fused-ring (bicyclic) bond motifs is 3. The Morgan fingerprint density at radius 3 is 2.23 bits per heavy atom. The summed E-state index contributed by atoms with van der Waals surface area (Å²) in [5.74, 6) is 0. The van der Waals surface area contributed by atoms with Gasteiger partial charge in [0.25, 0.3) is 5.01 Å². The molecule has 35 heavy (non-hydrogen) atoms. The van der Waals surface area contributed by atoms with E-state index in [2.05, 4.69) is 139 Å². The molecule has 0 saturated carbocycles. The Morgan fingerprint density at radius 1 is 0.771 bits per heavy atom. The molecule has 0 N–H and O–H groups in total. The van der Waals surface area contributed by atoms with Crippen molar-refractivity contribution < 1.29 is 4.57 Å². The lowest BCUT2D eigenvalue weighted by molar-refractivity contribution is -0.656. The molecule has 0 bridgehead atoms. The molecule has 1 aliphatic heterocycles. The Kier molecular flexibility index (Phi) is 5.77. The van der Waals surface area contributed by atoms with Crippen LogP contribution in [0.1, 0.15) is 5.01 Å². The van der Waals surface area contributed by atoms with Crippen molar-refractivity contribution in [2.75, 3.05) is 11.9 Å². The number of thioether (sulfide) groups is 1. The van der Waals surface area contributed by atoms with Gasteiger partial charge < -0.3 is 4.90 Å². The van der Waals surface area contributed by atoms with E-state index in [1.807, 2.05) is 23.1 Å². The Labute approximate surface area is 214 Å². The third kappa shape index (κ3) is 3.99. The molecule has 0 amide bonds. The Balaban J connectivity index is 1.36. The maximum atomic E-state index is 2.31. The molecule has 2 heterocycles. The quantitative estimate of drug-likeness (QED) is 0.235. The molecule has 5 aromatic rings. The van der Waals surface area contributed by atoms with Crippen molar-refractivity contribution in [1.29, 1.82) is 0 Å². The second-order valence-corrected chi connectivity index (χ2v) is 10.6. The van der Waals surface area contributed by atoms with Crippen LogP contribution in [0.15, 0.2) is 119 Å². The van der Waals surface area contributed by atoms with E-state index in [4.69, 9.17) is 0 Å². The molecule has 0 fully saturated rings. The van der Waals surface area contributed by atoms with Gasteiger partial charge in [-0.1, -0.05) is 108 Å². The van der Waals surface area contributed by atoms with Gasteiger partial charge in [-0.2, -0.15) is 4.57 Å². The zero-order valence-electron chi connectivity index (χ0n) is 19.7. The SMILES string of the molecule is CN1/C(=C\C=C\c2sc(-c3ccccc3)c(-c3ccccc3)[n+]2C)Sc2c1ccc1ccccc21. The van der Waals surface area contributed by atoms with Gasteiger partial charge in [0.1, 0.15) is 11.9 Å². The average molecular weight is 490 g/mol. The molecule has 2 nitrogen and oxygen atoms in total. The van der Waals surface area contributed by atoms with E-state index in [0.717, 1.165) is 0 Å². The number of benzene rings is 4. The van der Waals surface area contributed by atoms with E-state index < -0.39 is 0 Å². The number of hydrogen-bond donors (Lipinski definition) is 0. The summed E-state index contributed by atoms with van der Waals surface area (Å²) in [4.78, 5) is 4.92. The molecule has 0 spiro atoms. The lowest BCUT2D eigenvalue weighted by Crippen LogP contribution is -2.31. The van der Waals surface area contributed by atoms with Gasteiger partial charge in [0.05, 0.1) is 10.7 Å². The fourth-order valence-corrected chi connectivity index (χ4v) is 6.97. The van der Waals surface area contributed by atoms with Crippen LogP contribution in [-0.2, 0) is 7.05 Å². The van der Waals surface area contributed by atoms with Crippen molar-refractivity contribution >= 4 is 45.6 Å². The molecule has 4 heteroatoms. The van der Waals surface area contributed by atoms with Crippen LogP contribution in [0.5, 0.6) is 0 Å². The van der Waals surface area contributed by atoms with Gasteiger partial charge in [0.2, 0.25) is 5.69 Å². The lowest BCUT2D eigenvalue weighted by atomic mass is 10.1. The zero-order valence-corrected chi connectivity index (χ0v) is 21.3. The van der Waals surface area contributed by atoms with Crippen LogP contribution in [-0.4, -0.2) is 7.05 Å². The van der Waals surface area contributed by atoms with E-state index >= 15 is 0 Å². The summed E-state index contributed by atoms with van der Waals surface area (Å²) in [7, 11) is 4.32. The van der Waals surface area contributed by atoms with Gasteiger partial charge in [-0.05, 0) is 40.6 Å². The molecule has 0 aliphatic carbocycles. The van der Waals surface area contributed by atoms with Crippen LogP contribution in [0, 0.1) is 0 Å². The number of thiazole rings is 1. The van der Waals surface area contributed by atoms with Gasteiger partial charge in [0, 0.05) is 23.6 Å². The number of allylic oxidation sites excluding steroid dienone is 2. The van der Waals surface area contributed by atoms with Crippen molar-refractivity contribution in [2.45, 2.75) is 4.90 Å². The Hall–Kier alpha value is -3.60. The first-order valence-electron chi connectivity index (χ1n) is 11.7. The minimum absolute atomic E-state index is 1.22. The minimum Gasteiger partial charge on any atom is -0.338 e. The highest BCUT2D eigenvalue weighted by Crippen LogP contribution is 2.48. The third-order valence-electron chi connectivity index (χ3n) is 6.41. The minimum atomic E-state index is 1.22. The predicted molar refractivity (Wildman–Crippen MR) is 152 cm³/mol. The van der Waals surface area contributed by atoms with Gasteiger partial charge >= 0.3 is 0 Å². The topological polar surface area (TPSA) is 7.12 Å². The molecular formula is C31H25N2S2+. The molecule has 1 aromatic heterocycles. The second-order valence-electron chi connectivity index (χ2n) is 8.57. The number of rotatable bonds is 4. The molecule has 0 atom stereocenters. The molecule has 4 aromatic carbocycles. The molecule has 6 rings (SSSR count). The van der Waals surface area contributed by atoms with Gasteiger partial charge in [-0.15, -0.1) is 0 Å². The monoisotopic (exact) mass is 489 g/mol. The fourth-order valence-electron chi connectivity index (χ4n) is 4.59. The zero-order chi connectivity index (χ0) is 23.8. The highest BCUT2D eigenvalue weighted by atomic mass is 32.2. The number of hydrogen-bond acceptors (Lipinski definition) is 3. The summed E-state index contributed by atoms with van der Waals surface area (Å²) in [6.07, 6.45) is 6.64. The lowest BCUT2D eigenvalue weighted by Gasteiger charge is -2.13. The predicted octanol–water partition coefficient (Wildman–Crippen LogP) is 8.16.